The number of hydrogen-bond acceptors (Lipinski definition) is 10. The zero-order valence-electron chi connectivity index (χ0n) is 34.7. The molecule has 1 fully saturated rings. The van der Waals surface area contributed by atoms with Gasteiger partial charge in [0.25, 0.3) is 0 Å². The number of unbranched alkanes of at least 4 members (excludes halogenated alkanes) is 19. The molecule has 0 aromatic heterocycles. The number of esters is 2. The molecule has 0 amide bonds. The molecule has 1 saturated heterocycles. The Morgan fingerprint density at radius 1 is 0.564 bits per heavy atom. The molecule has 0 saturated carbocycles. The van der Waals surface area contributed by atoms with Gasteiger partial charge in [0.1, 0.15) is 31.0 Å². The predicted octanol–water partition coefficient (Wildman–Crippen LogP) is 9.11. The van der Waals surface area contributed by atoms with Gasteiger partial charge in [0.05, 0.1) is 13.2 Å². The van der Waals surface area contributed by atoms with Gasteiger partial charge < -0.3 is 39.4 Å². The van der Waals surface area contributed by atoms with E-state index >= 15 is 0 Å². The van der Waals surface area contributed by atoms with E-state index in [1.54, 1.807) is 0 Å². The van der Waals surface area contributed by atoms with Gasteiger partial charge in [-0.3, -0.25) is 9.59 Å². The van der Waals surface area contributed by atoms with Crippen molar-refractivity contribution in [3.8, 4) is 0 Å². The SMILES string of the molecule is CCCCC/C=C/C/C=C/CCCCCCCC(=O)OC[C@@H](CO[C@H]1O[C@@H](CO)[C@@H](O)C(O)C1O)OC(=O)CCCC/C=C/CCCCCCCCCCC. The first-order valence-electron chi connectivity index (χ1n) is 22.1. The lowest BCUT2D eigenvalue weighted by molar-refractivity contribution is -0.305. The van der Waals surface area contributed by atoms with E-state index in [1.165, 1.54) is 83.5 Å². The fraction of sp³-hybridized carbons (Fsp3) is 0.822. The van der Waals surface area contributed by atoms with Gasteiger partial charge >= 0.3 is 11.9 Å². The molecule has 0 aliphatic carbocycles. The van der Waals surface area contributed by atoms with Crippen LogP contribution in [-0.2, 0) is 28.5 Å². The first-order chi connectivity index (χ1) is 26.8. The Kier molecular flexibility index (Phi) is 33.6. The first-order valence-corrected chi connectivity index (χ1v) is 22.1. The van der Waals surface area contributed by atoms with Gasteiger partial charge in [-0.15, -0.1) is 0 Å². The summed E-state index contributed by atoms with van der Waals surface area (Å²) in [5.41, 5.74) is 0. The highest BCUT2D eigenvalue weighted by atomic mass is 16.7. The van der Waals surface area contributed by atoms with Gasteiger partial charge in [0.15, 0.2) is 12.4 Å². The number of aliphatic hydroxyl groups is 4. The fourth-order valence-corrected chi connectivity index (χ4v) is 6.45. The third-order valence-electron chi connectivity index (χ3n) is 10.00. The van der Waals surface area contributed by atoms with Crippen molar-refractivity contribution in [1.29, 1.82) is 0 Å². The monoisotopic (exact) mass is 781 g/mol. The van der Waals surface area contributed by atoms with Crippen LogP contribution >= 0.6 is 0 Å². The van der Waals surface area contributed by atoms with Crippen LogP contribution in [0.1, 0.15) is 181 Å². The van der Waals surface area contributed by atoms with E-state index in [4.69, 9.17) is 18.9 Å². The molecule has 10 heteroatoms. The summed E-state index contributed by atoms with van der Waals surface area (Å²) in [5, 5.41) is 40.0. The molecule has 0 aromatic rings. The Labute approximate surface area is 334 Å². The summed E-state index contributed by atoms with van der Waals surface area (Å²) in [5.74, 6) is -0.848. The minimum absolute atomic E-state index is 0.197. The second-order valence-corrected chi connectivity index (χ2v) is 15.1. The van der Waals surface area contributed by atoms with Gasteiger partial charge in [-0.05, 0) is 70.6 Å². The first kappa shape index (κ1) is 50.9. The summed E-state index contributed by atoms with van der Waals surface area (Å²) in [4.78, 5) is 25.3. The lowest BCUT2D eigenvalue weighted by Gasteiger charge is -2.39. The Morgan fingerprint density at radius 2 is 1.02 bits per heavy atom. The van der Waals surface area contributed by atoms with Crippen molar-refractivity contribution in [3.05, 3.63) is 36.5 Å². The van der Waals surface area contributed by atoms with Crippen molar-refractivity contribution in [2.45, 2.75) is 218 Å². The van der Waals surface area contributed by atoms with Crippen LogP contribution in [0.3, 0.4) is 0 Å². The van der Waals surface area contributed by atoms with Crippen molar-refractivity contribution in [3.63, 3.8) is 0 Å². The Bertz CT molecular complexity index is 996. The van der Waals surface area contributed by atoms with Crippen molar-refractivity contribution in [2.24, 2.45) is 0 Å². The Balaban J connectivity index is 2.37. The van der Waals surface area contributed by atoms with E-state index in [-0.39, 0.29) is 26.1 Å². The smallest absolute Gasteiger partial charge is 0.306 e. The zero-order valence-corrected chi connectivity index (χ0v) is 34.7. The van der Waals surface area contributed by atoms with Crippen LogP contribution in [0.5, 0.6) is 0 Å². The van der Waals surface area contributed by atoms with Crippen molar-refractivity contribution >= 4 is 11.9 Å². The highest BCUT2D eigenvalue weighted by molar-refractivity contribution is 5.70. The molecule has 2 unspecified atom stereocenters. The third-order valence-corrected chi connectivity index (χ3v) is 10.00. The molecular formula is C45H80O10. The van der Waals surface area contributed by atoms with Crippen molar-refractivity contribution < 1.29 is 49.0 Å². The largest absolute Gasteiger partial charge is 0.462 e. The van der Waals surface area contributed by atoms with Crippen molar-refractivity contribution in [1.82, 2.24) is 0 Å². The number of rotatable bonds is 36. The summed E-state index contributed by atoms with van der Waals surface area (Å²) in [6, 6.07) is 0. The molecule has 4 N–H and O–H groups in total. The summed E-state index contributed by atoms with van der Waals surface area (Å²) in [7, 11) is 0. The molecule has 0 radical (unpaired) electrons. The fourth-order valence-electron chi connectivity index (χ4n) is 6.45. The summed E-state index contributed by atoms with van der Waals surface area (Å²) >= 11 is 0. The zero-order chi connectivity index (χ0) is 40.2. The summed E-state index contributed by atoms with van der Waals surface area (Å²) in [6.45, 7) is 3.36. The molecule has 320 valence electrons. The van der Waals surface area contributed by atoms with E-state index in [0.29, 0.717) is 12.8 Å². The number of allylic oxidation sites excluding steroid dienone is 6. The van der Waals surface area contributed by atoms with Crippen LogP contribution in [-0.4, -0.2) is 89.0 Å². The van der Waals surface area contributed by atoms with E-state index in [9.17, 15) is 30.0 Å². The van der Waals surface area contributed by atoms with Crippen LogP contribution < -0.4 is 0 Å². The molecule has 1 heterocycles. The normalized spacial score (nSPS) is 20.9. The van der Waals surface area contributed by atoms with E-state index < -0.39 is 55.4 Å². The maximum Gasteiger partial charge on any atom is 0.306 e. The Hall–Kier alpha value is -2.08. The lowest BCUT2D eigenvalue weighted by Crippen LogP contribution is -2.59. The van der Waals surface area contributed by atoms with Crippen LogP contribution in [0.25, 0.3) is 0 Å². The van der Waals surface area contributed by atoms with E-state index in [2.05, 4.69) is 50.3 Å². The molecule has 1 aliphatic heterocycles. The molecule has 55 heavy (non-hydrogen) atoms. The van der Waals surface area contributed by atoms with Gasteiger partial charge in [0, 0.05) is 12.8 Å². The second kappa shape index (κ2) is 36.3. The average molecular weight is 781 g/mol. The number of ether oxygens (including phenoxy) is 4. The van der Waals surface area contributed by atoms with Gasteiger partial charge in [-0.1, -0.05) is 134 Å². The van der Waals surface area contributed by atoms with Crippen LogP contribution in [0.2, 0.25) is 0 Å². The number of carbonyl (C=O) groups excluding carboxylic acids is 2. The molecule has 10 nitrogen and oxygen atoms in total. The minimum atomic E-state index is -1.60. The highest BCUT2D eigenvalue weighted by Gasteiger charge is 2.44. The molecule has 0 bridgehead atoms. The third kappa shape index (κ3) is 28.0. The van der Waals surface area contributed by atoms with Crippen molar-refractivity contribution in [2.75, 3.05) is 19.8 Å². The number of hydrogen-bond donors (Lipinski definition) is 4. The molecule has 0 aromatic carbocycles. The topological polar surface area (TPSA) is 152 Å². The van der Waals surface area contributed by atoms with Gasteiger partial charge in [-0.2, -0.15) is 0 Å². The van der Waals surface area contributed by atoms with E-state index in [1.807, 2.05) is 0 Å². The molecular weight excluding hydrogens is 700 g/mol. The predicted molar refractivity (Wildman–Crippen MR) is 219 cm³/mol. The lowest BCUT2D eigenvalue weighted by atomic mass is 9.99. The second-order valence-electron chi connectivity index (χ2n) is 15.1. The van der Waals surface area contributed by atoms with Crippen LogP contribution in [0, 0.1) is 0 Å². The molecule has 0 spiro atoms. The van der Waals surface area contributed by atoms with E-state index in [0.717, 1.165) is 57.8 Å². The number of carbonyl (C=O) groups is 2. The minimum Gasteiger partial charge on any atom is -0.462 e. The highest BCUT2D eigenvalue weighted by Crippen LogP contribution is 2.22. The number of aliphatic hydroxyl groups excluding tert-OH is 4. The van der Waals surface area contributed by atoms with Gasteiger partial charge in [-0.25, -0.2) is 0 Å². The maximum absolute atomic E-state index is 12.7. The molecule has 6 atom stereocenters. The van der Waals surface area contributed by atoms with Gasteiger partial charge in [0.2, 0.25) is 0 Å². The molecule has 1 rings (SSSR count). The summed E-state index contributed by atoms with van der Waals surface area (Å²) in [6.07, 6.45) is 32.9. The Morgan fingerprint density at radius 3 is 1.60 bits per heavy atom. The van der Waals surface area contributed by atoms with Crippen LogP contribution in [0.15, 0.2) is 36.5 Å². The maximum atomic E-state index is 12.7. The standard InChI is InChI=1S/C45H80O10/c1-3-5-7-9-11-13-15-17-19-21-23-25-27-29-31-33-40(47)52-36-38(37-53-45-44(51)43(50)42(49)39(35-46)55-45)54-41(48)34-32-30-28-26-24-22-20-18-16-14-12-10-8-6-4-2/h11,13,17,19,24,26,38-39,42-46,49-51H,3-10,12,14-16,18,20-23,25,27-37H2,1-2H3/b13-11+,19-17+,26-24+/t38-,39-,42+,43?,44?,45-/m0/s1. The van der Waals surface area contributed by atoms with Crippen LogP contribution in [0.4, 0.5) is 0 Å². The molecule has 1 aliphatic rings. The summed E-state index contributed by atoms with van der Waals surface area (Å²) < 4.78 is 22.1. The quantitative estimate of drug-likeness (QED) is 0.0275. The average Bonchev–Trinajstić information content (AvgIpc) is 3.18.